The van der Waals surface area contributed by atoms with Gasteiger partial charge < -0.3 is 9.26 Å². The van der Waals surface area contributed by atoms with Crippen LogP contribution in [0.3, 0.4) is 0 Å². The Bertz CT molecular complexity index is 824. The van der Waals surface area contributed by atoms with Crippen LogP contribution < -0.4 is 0 Å². The van der Waals surface area contributed by atoms with Crippen molar-refractivity contribution in [3.05, 3.63) is 28.7 Å². The van der Waals surface area contributed by atoms with Crippen LogP contribution in [0.2, 0.25) is 0 Å². The SMILES string of the molecule is CC(=O)O[C@H]1CC[C@@]2(C)C(=CC[C@H]3[C@H]2CC[C@]2(C)c4c(C)noc4C[C@@H]32)C1. The number of aryl methyl sites for hydroxylation is 1. The van der Waals surface area contributed by atoms with Crippen molar-refractivity contribution in [2.45, 2.75) is 84.2 Å². The molecule has 1 aromatic heterocycles. The first-order chi connectivity index (χ1) is 12.8. The molecule has 2 saturated carbocycles. The second kappa shape index (κ2) is 5.71. The molecule has 0 amide bonds. The summed E-state index contributed by atoms with van der Waals surface area (Å²) in [4.78, 5) is 11.4. The molecule has 0 radical (unpaired) electrons. The Labute approximate surface area is 161 Å². The lowest BCUT2D eigenvalue weighted by Crippen LogP contribution is -2.51. The number of ether oxygens (including phenoxy) is 1. The fourth-order valence-electron chi connectivity index (χ4n) is 7.46. The predicted octanol–water partition coefficient (Wildman–Crippen LogP) is 4.89. The van der Waals surface area contributed by atoms with Gasteiger partial charge >= 0.3 is 5.97 Å². The van der Waals surface area contributed by atoms with Crippen LogP contribution in [0.25, 0.3) is 0 Å². The Morgan fingerprint density at radius 1 is 1.19 bits per heavy atom. The van der Waals surface area contributed by atoms with Crippen molar-refractivity contribution in [1.82, 2.24) is 5.16 Å². The lowest BCUT2D eigenvalue weighted by atomic mass is 9.47. The molecule has 2 fully saturated rings. The van der Waals surface area contributed by atoms with Crippen LogP contribution in [0, 0.1) is 30.1 Å². The maximum absolute atomic E-state index is 11.4. The molecule has 1 aromatic rings. The molecule has 1 heterocycles. The first kappa shape index (κ1) is 17.5. The van der Waals surface area contributed by atoms with E-state index in [-0.39, 0.29) is 22.9 Å². The summed E-state index contributed by atoms with van der Waals surface area (Å²) in [7, 11) is 0. The molecule has 4 nitrogen and oxygen atoms in total. The highest BCUT2D eigenvalue weighted by atomic mass is 16.5. The van der Waals surface area contributed by atoms with E-state index in [1.54, 1.807) is 5.57 Å². The third kappa shape index (κ3) is 2.34. The number of hydrogen-bond donors (Lipinski definition) is 0. The molecule has 0 N–H and O–H groups in total. The van der Waals surface area contributed by atoms with Gasteiger partial charge in [-0.15, -0.1) is 0 Å². The van der Waals surface area contributed by atoms with E-state index in [9.17, 15) is 4.79 Å². The molecule has 5 rings (SSSR count). The van der Waals surface area contributed by atoms with Gasteiger partial charge in [0.15, 0.2) is 0 Å². The van der Waals surface area contributed by atoms with Crippen LogP contribution >= 0.6 is 0 Å². The maximum atomic E-state index is 11.4. The number of esters is 1. The second-order valence-electron chi connectivity index (χ2n) is 9.96. The molecule has 0 saturated heterocycles. The van der Waals surface area contributed by atoms with Crippen molar-refractivity contribution in [2.75, 3.05) is 0 Å². The fraction of sp³-hybridized carbons (Fsp3) is 0.739. The number of aromatic nitrogens is 1. The Kier molecular flexibility index (Phi) is 3.71. The molecule has 0 spiro atoms. The normalized spacial score (nSPS) is 42.4. The van der Waals surface area contributed by atoms with Gasteiger partial charge in [0.2, 0.25) is 0 Å². The standard InChI is InChI=1S/C23H31NO3/c1-13-21-20(27-24-13)12-19-17-6-5-15-11-16(26-14(2)25)7-9-22(15,3)18(17)8-10-23(19,21)4/h5,16-19H,6-12H2,1-4H3/t16-,17-,18+,19-,22-,23-/m0/s1. The summed E-state index contributed by atoms with van der Waals surface area (Å²) < 4.78 is 11.3. The molecular weight excluding hydrogens is 338 g/mol. The van der Waals surface area contributed by atoms with E-state index >= 15 is 0 Å². The van der Waals surface area contributed by atoms with Gasteiger partial charge in [-0.3, -0.25) is 4.79 Å². The Hall–Kier alpha value is -1.58. The highest BCUT2D eigenvalue weighted by Crippen LogP contribution is 2.64. The van der Waals surface area contributed by atoms with Gasteiger partial charge in [0.25, 0.3) is 0 Å². The van der Waals surface area contributed by atoms with Crippen LogP contribution in [-0.2, 0) is 21.4 Å². The summed E-state index contributed by atoms with van der Waals surface area (Å²) in [5.41, 5.74) is 4.59. The lowest BCUT2D eigenvalue weighted by molar-refractivity contribution is -0.148. The van der Waals surface area contributed by atoms with Crippen LogP contribution in [-0.4, -0.2) is 17.2 Å². The van der Waals surface area contributed by atoms with Gasteiger partial charge in [0.1, 0.15) is 11.9 Å². The van der Waals surface area contributed by atoms with Crippen molar-refractivity contribution in [3.63, 3.8) is 0 Å². The van der Waals surface area contributed by atoms with Crippen LogP contribution in [0.4, 0.5) is 0 Å². The zero-order chi connectivity index (χ0) is 19.0. The molecular formula is C23H31NO3. The van der Waals surface area contributed by atoms with Gasteiger partial charge in [-0.25, -0.2) is 0 Å². The van der Waals surface area contributed by atoms with Crippen LogP contribution in [0.15, 0.2) is 16.2 Å². The van der Waals surface area contributed by atoms with Crippen molar-refractivity contribution in [1.29, 1.82) is 0 Å². The van der Waals surface area contributed by atoms with E-state index in [0.29, 0.717) is 5.92 Å². The number of allylic oxidation sites excluding steroid dienone is 1. The molecule has 6 atom stereocenters. The lowest BCUT2D eigenvalue weighted by Gasteiger charge is -2.57. The number of rotatable bonds is 1. The largest absolute Gasteiger partial charge is 0.462 e. The Morgan fingerprint density at radius 2 is 1.96 bits per heavy atom. The minimum atomic E-state index is -0.144. The topological polar surface area (TPSA) is 52.3 Å². The zero-order valence-electron chi connectivity index (χ0n) is 17.0. The fourth-order valence-corrected chi connectivity index (χ4v) is 7.46. The number of hydrogen-bond acceptors (Lipinski definition) is 4. The predicted molar refractivity (Wildman–Crippen MR) is 102 cm³/mol. The van der Waals surface area contributed by atoms with Crippen molar-refractivity contribution >= 4 is 5.97 Å². The minimum absolute atomic E-state index is 0.0800. The molecule has 0 aromatic carbocycles. The number of carbonyl (C=O) groups excluding carboxylic acids is 1. The third-order valence-corrected chi connectivity index (χ3v) is 8.69. The monoisotopic (exact) mass is 369 g/mol. The average Bonchev–Trinajstić information content (AvgIpc) is 3.12. The van der Waals surface area contributed by atoms with Crippen molar-refractivity contribution in [2.24, 2.45) is 23.2 Å². The molecule has 4 heteroatoms. The maximum Gasteiger partial charge on any atom is 0.302 e. The molecule has 27 heavy (non-hydrogen) atoms. The van der Waals surface area contributed by atoms with E-state index in [1.807, 2.05) is 0 Å². The van der Waals surface area contributed by atoms with Crippen LogP contribution in [0.1, 0.15) is 76.3 Å². The smallest absolute Gasteiger partial charge is 0.302 e. The van der Waals surface area contributed by atoms with Crippen molar-refractivity contribution in [3.8, 4) is 0 Å². The molecule has 146 valence electrons. The summed E-state index contributed by atoms with van der Waals surface area (Å²) in [6, 6.07) is 0. The van der Waals surface area contributed by atoms with E-state index in [1.165, 1.54) is 31.7 Å². The van der Waals surface area contributed by atoms with Gasteiger partial charge in [-0.05, 0) is 62.2 Å². The first-order valence-electron chi connectivity index (χ1n) is 10.7. The zero-order valence-corrected chi connectivity index (χ0v) is 17.0. The summed E-state index contributed by atoms with van der Waals surface area (Å²) in [5.74, 6) is 3.15. The van der Waals surface area contributed by atoms with E-state index in [0.717, 1.165) is 49.0 Å². The number of carbonyl (C=O) groups is 1. The minimum Gasteiger partial charge on any atom is -0.462 e. The van der Waals surface area contributed by atoms with Crippen LogP contribution in [0.5, 0.6) is 0 Å². The Balaban J connectivity index is 1.45. The first-order valence-corrected chi connectivity index (χ1v) is 10.7. The average molecular weight is 370 g/mol. The van der Waals surface area contributed by atoms with E-state index < -0.39 is 0 Å². The van der Waals surface area contributed by atoms with E-state index in [2.05, 4.69) is 32.0 Å². The second-order valence-corrected chi connectivity index (χ2v) is 9.96. The highest BCUT2D eigenvalue weighted by Gasteiger charge is 2.59. The molecule has 0 aliphatic heterocycles. The van der Waals surface area contributed by atoms with Gasteiger partial charge in [0.05, 0.1) is 5.69 Å². The van der Waals surface area contributed by atoms with Crippen molar-refractivity contribution < 1.29 is 14.1 Å². The van der Waals surface area contributed by atoms with Gasteiger partial charge in [-0.1, -0.05) is 30.7 Å². The molecule has 4 aliphatic carbocycles. The highest BCUT2D eigenvalue weighted by molar-refractivity contribution is 5.66. The third-order valence-electron chi connectivity index (χ3n) is 8.69. The summed E-state index contributed by atoms with van der Waals surface area (Å²) in [6.07, 6.45) is 10.4. The number of nitrogens with zero attached hydrogens (tertiary/aromatic N) is 1. The van der Waals surface area contributed by atoms with E-state index in [4.69, 9.17) is 9.26 Å². The van der Waals surface area contributed by atoms with Gasteiger partial charge in [0, 0.05) is 30.7 Å². The summed E-state index contributed by atoms with van der Waals surface area (Å²) >= 11 is 0. The summed E-state index contributed by atoms with van der Waals surface area (Å²) in [5, 5.41) is 4.26. The van der Waals surface area contributed by atoms with Gasteiger partial charge in [-0.2, -0.15) is 0 Å². The molecule has 4 aliphatic rings. The molecule has 0 bridgehead atoms. The quantitative estimate of drug-likeness (QED) is 0.522. The number of fused-ring (bicyclic) bond motifs is 7. The summed E-state index contributed by atoms with van der Waals surface area (Å²) in [6.45, 7) is 8.59. The molecule has 0 unspecified atom stereocenters. The Morgan fingerprint density at radius 3 is 2.74 bits per heavy atom.